The Morgan fingerprint density at radius 3 is 2.42 bits per heavy atom. The van der Waals surface area contributed by atoms with E-state index < -0.39 is 17.4 Å². The molecular formula is C17H22F2N2O3. The lowest BCUT2D eigenvalue weighted by Crippen LogP contribution is -2.63. The maximum atomic E-state index is 14.2. The SMILES string of the molecule is O=C(N1CCN(Cc2cccc(O)c2)CC1)C(F)(F)C1(O)CCC1. The molecular weight excluding hydrogens is 318 g/mol. The quantitative estimate of drug-likeness (QED) is 0.874. The molecule has 2 fully saturated rings. The molecule has 2 N–H and O–H groups in total. The molecule has 1 aliphatic heterocycles. The van der Waals surface area contributed by atoms with E-state index in [1.54, 1.807) is 18.2 Å². The van der Waals surface area contributed by atoms with Crippen molar-refractivity contribution in [1.29, 1.82) is 0 Å². The number of carbonyl (C=O) groups is 1. The summed E-state index contributed by atoms with van der Waals surface area (Å²) in [5.41, 5.74) is -1.23. The number of piperazine rings is 1. The highest BCUT2D eigenvalue weighted by molar-refractivity contribution is 5.85. The Bertz CT molecular complexity index is 612. The standard InChI is InChI=1S/C17H22F2N2O3/c18-17(19,16(24)5-2-6-16)15(23)21-9-7-20(8-10-21)12-13-3-1-4-14(22)11-13/h1,3-4,11,22,24H,2,5-10,12H2. The fourth-order valence-corrected chi connectivity index (χ4v) is 3.25. The van der Waals surface area contributed by atoms with Crippen LogP contribution >= 0.6 is 0 Å². The highest BCUT2D eigenvalue weighted by atomic mass is 19.3. The molecule has 1 saturated heterocycles. The molecule has 7 heteroatoms. The predicted molar refractivity (Wildman–Crippen MR) is 83.7 cm³/mol. The fourth-order valence-electron chi connectivity index (χ4n) is 3.25. The third-order valence-corrected chi connectivity index (χ3v) is 5.01. The number of alkyl halides is 2. The zero-order valence-electron chi connectivity index (χ0n) is 13.4. The number of benzene rings is 1. The Hall–Kier alpha value is -1.73. The van der Waals surface area contributed by atoms with E-state index in [4.69, 9.17) is 0 Å². The Kier molecular flexibility index (Phi) is 4.48. The lowest BCUT2D eigenvalue weighted by Gasteiger charge is -2.44. The molecule has 0 spiro atoms. The van der Waals surface area contributed by atoms with Crippen molar-refractivity contribution in [2.75, 3.05) is 26.2 Å². The normalized spacial score (nSPS) is 21.4. The van der Waals surface area contributed by atoms with Crippen molar-refractivity contribution >= 4 is 5.91 Å². The smallest absolute Gasteiger partial charge is 0.352 e. The van der Waals surface area contributed by atoms with Gasteiger partial charge in [-0.05, 0) is 37.0 Å². The zero-order valence-corrected chi connectivity index (χ0v) is 13.4. The number of phenolic OH excluding ortho intramolecular Hbond substituents is 1. The number of hydrogen-bond donors (Lipinski definition) is 2. The molecule has 0 bridgehead atoms. The van der Waals surface area contributed by atoms with Crippen LogP contribution in [0.4, 0.5) is 8.78 Å². The average Bonchev–Trinajstić information content (AvgIpc) is 2.52. The number of phenols is 1. The number of aliphatic hydroxyl groups is 1. The molecule has 0 aromatic heterocycles. The van der Waals surface area contributed by atoms with Crippen molar-refractivity contribution in [3.63, 3.8) is 0 Å². The molecule has 1 aromatic carbocycles. The number of halogens is 2. The first kappa shape index (κ1) is 17.1. The Labute approximate surface area is 139 Å². The highest BCUT2D eigenvalue weighted by Crippen LogP contribution is 2.45. The minimum absolute atomic E-state index is 0.0246. The Morgan fingerprint density at radius 2 is 1.88 bits per heavy atom. The molecule has 24 heavy (non-hydrogen) atoms. The fraction of sp³-hybridized carbons (Fsp3) is 0.588. The lowest BCUT2D eigenvalue weighted by atomic mass is 9.75. The molecule has 0 radical (unpaired) electrons. The minimum atomic E-state index is -3.71. The largest absolute Gasteiger partial charge is 0.508 e. The van der Waals surface area contributed by atoms with Gasteiger partial charge in [-0.2, -0.15) is 8.78 Å². The van der Waals surface area contributed by atoms with Crippen molar-refractivity contribution in [3.8, 4) is 5.75 Å². The molecule has 1 saturated carbocycles. The maximum absolute atomic E-state index is 14.2. The minimum Gasteiger partial charge on any atom is -0.508 e. The lowest BCUT2D eigenvalue weighted by molar-refractivity contribution is -0.224. The van der Waals surface area contributed by atoms with E-state index in [0.29, 0.717) is 26.1 Å². The molecule has 132 valence electrons. The monoisotopic (exact) mass is 340 g/mol. The summed E-state index contributed by atoms with van der Waals surface area (Å²) in [4.78, 5) is 15.3. The second-order valence-electron chi connectivity index (χ2n) is 6.70. The summed E-state index contributed by atoms with van der Waals surface area (Å²) in [7, 11) is 0. The second-order valence-corrected chi connectivity index (χ2v) is 6.70. The van der Waals surface area contributed by atoms with Gasteiger partial charge < -0.3 is 15.1 Å². The molecule has 0 atom stereocenters. The van der Waals surface area contributed by atoms with Gasteiger partial charge in [0, 0.05) is 32.7 Å². The molecule has 1 amide bonds. The maximum Gasteiger partial charge on any atom is 0.352 e. The Balaban J connectivity index is 1.56. The van der Waals surface area contributed by atoms with Gasteiger partial charge in [0.25, 0.3) is 5.91 Å². The van der Waals surface area contributed by atoms with Crippen molar-refractivity contribution in [2.24, 2.45) is 0 Å². The van der Waals surface area contributed by atoms with E-state index in [0.717, 1.165) is 10.5 Å². The second kappa shape index (κ2) is 6.29. The van der Waals surface area contributed by atoms with Crippen LogP contribution in [0.3, 0.4) is 0 Å². The van der Waals surface area contributed by atoms with Gasteiger partial charge in [0.1, 0.15) is 11.4 Å². The summed E-state index contributed by atoms with van der Waals surface area (Å²) < 4.78 is 28.5. The predicted octanol–water partition coefficient (Wildman–Crippen LogP) is 1.59. The van der Waals surface area contributed by atoms with Gasteiger partial charge in [-0.15, -0.1) is 0 Å². The molecule has 1 aromatic rings. The summed E-state index contributed by atoms with van der Waals surface area (Å²) >= 11 is 0. The summed E-state index contributed by atoms with van der Waals surface area (Å²) in [5, 5.41) is 19.4. The Morgan fingerprint density at radius 1 is 1.21 bits per heavy atom. The third-order valence-electron chi connectivity index (χ3n) is 5.01. The summed E-state index contributed by atoms with van der Waals surface area (Å²) in [5.74, 6) is -4.78. The van der Waals surface area contributed by atoms with Gasteiger partial charge in [0.15, 0.2) is 0 Å². The van der Waals surface area contributed by atoms with Crippen LogP contribution in [0.5, 0.6) is 5.75 Å². The third kappa shape index (κ3) is 3.10. The number of carbonyl (C=O) groups excluding carboxylic acids is 1. The van der Waals surface area contributed by atoms with Gasteiger partial charge >= 0.3 is 5.92 Å². The summed E-state index contributed by atoms with van der Waals surface area (Å²) in [6, 6.07) is 6.90. The van der Waals surface area contributed by atoms with E-state index in [2.05, 4.69) is 4.90 Å². The van der Waals surface area contributed by atoms with Crippen LogP contribution in [0.15, 0.2) is 24.3 Å². The molecule has 1 heterocycles. The van der Waals surface area contributed by atoms with Crippen LogP contribution in [0, 0.1) is 0 Å². The van der Waals surface area contributed by atoms with E-state index in [1.165, 1.54) is 0 Å². The first-order valence-electron chi connectivity index (χ1n) is 8.22. The van der Waals surface area contributed by atoms with Crippen molar-refractivity contribution in [2.45, 2.75) is 37.3 Å². The van der Waals surface area contributed by atoms with E-state index in [-0.39, 0.29) is 31.7 Å². The van der Waals surface area contributed by atoms with Crippen LogP contribution in [-0.2, 0) is 11.3 Å². The molecule has 3 rings (SSSR count). The first-order valence-corrected chi connectivity index (χ1v) is 8.22. The summed E-state index contributed by atoms with van der Waals surface area (Å²) in [6.45, 7) is 1.98. The highest BCUT2D eigenvalue weighted by Gasteiger charge is 2.62. The van der Waals surface area contributed by atoms with Crippen LogP contribution in [0.2, 0.25) is 0 Å². The number of rotatable bonds is 4. The van der Waals surface area contributed by atoms with Gasteiger partial charge in [0.2, 0.25) is 0 Å². The van der Waals surface area contributed by atoms with Crippen LogP contribution < -0.4 is 0 Å². The average molecular weight is 340 g/mol. The van der Waals surface area contributed by atoms with Crippen molar-refractivity contribution in [3.05, 3.63) is 29.8 Å². The van der Waals surface area contributed by atoms with Gasteiger partial charge in [0.05, 0.1) is 0 Å². The number of nitrogens with zero attached hydrogens (tertiary/aromatic N) is 2. The molecule has 2 aliphatic rings. The van der Waals surface area contributed by atoms with E-state index in [9.17, 15) is 23.8 Å². The van der Waals surface area contributed by atoms with Crippen molar-refractivity contribution < 1.29 is 23.8 Å². The summed E-state index contributed by atoms with van der Waals surface area (Å²) in [6.07, 6.45) is 0.476. The number of aromatic hydroxyl groups is 1. The van der Waals surface area contributed by atoms with Gasteiger partial charge in [-0.3, -0.25) is 9.69 Å². The molecule has 1 aliphatic carbocycles. The van der Waals surface area contributed by atoms with E-state index in [1.807, 2.05) is 6.07 Å². The number of hydrogen-bond acceptors (Lipinski definition) is 4. The van der Waals surface area contributed by atoms with Gasteiger partial charge in [-0.1, -0.05) is 12.1 Å². The van der Waals surface area contributed by atoms with E-state index >= 15 is 0 Å². The topological polar surface area (TPSA) is 64.0 Å². The first-order chi connectivity index (χ1) is 11.3. The van der Waals surface area contributed by atoms with Crippen LogP contribution in [0.1, 0.15) is 24.8 Å². The number of amides is 1. The van der Waals surface area contributed by atoms with Gasteiger partial charge in [-0.25, -0.2) is 0 Å². The van der Waals surface area contributed by atoms with Crippen molar-refractivity contribution in [1.82, 2.24) is 9.80 Å². The molecule has 0 unspecified atom stereocenters. The molecule has 5 nitrogen and oxygen atoms in total. The van der Waals surface area contributed by atoms with Crippen LogP contribution in [0.25, 0.3) is 0 Å². The zero-order chi connectivity index (χ0) is 17.4. The van der Waals surface area contributed by atoms with Crippen LogP contribution in [-0.4, -0.2) is 63.6 Å².